The lowest BCUT2D eigenvalue weighted by Crippen LogP contribution is -2.23. The molecule has 0 radical (unpaired) electrons. The Morgan fingerprint density at radius 2 is 1.86 bits per heavy atom. The zero-order chi connectivity index (χ0) is 15.6. The number of nitrogens with one attached hydrogen (secondary N) is 1. The van der Waals surface area contributed by atoms with Crippen LogP contribution in [0.4, 0.5) is 4.39 Å². The number of pyridine rings is 1. The van der Waals surface area contributed by atoms with E-state index in [-0.39, 0.29) is 18.0 Å². The fourth-order valence-electron chi connectivity index (χ4n) is 2.37. The van der Waals surface area contributed by atoms with E-state index in [1.54, 1.807) is 32.9 Å². The molecule has 0 aliphatic heterocycles. The maximum absolute atomic E-state index is 13.0. The Balaban J connectivity index is 2.67. The third-order valence-electron chi connectivity index (χ3n) is 3.27. The van der Waals surface area contributed by atoms with E-state index in [9.17, 15) is 14.0 Å². The lowest BCUT2D eigenvalue weighted by Gasteiger charge is -2.13. The summed E-state index contributed by atoms with van der Waals surface area (Å²) >= 11 is 0. The van der Waals surface area contributed by atoms with Gasteiger partial charge in [-0.15, -0.1) is 0 Å². The van der Waals surface area contributed by atoms with Gasteiger partial charge in [-0.1, -0.05) is 12.1 Å². The Morgan fingerprint density at radius 3 is 2.43 bits per heavy atom. The number of H-pyrrole nitrogens is 1. The quantitative estimate of drug-likeness (QED) is 0.884. The van der Waals surface area contributed by atoms with Crippen LogP contribution < -0.4 is 5.56 Å². The van der Waals surface area contributed by atoms with Gasteiger partial charge in [0.05, 0.1) is 6.61 Å². The average Bonchev–Trinajstić information content (AvgIpc) is 2.40. The van der Waals surface area contributed by atoms with Gasteiger partial charge in [-0.3, -0.25) is 4.79 Å². The topological polar surface area (TPSA) is 59.2 Å². The van der Waals surface area contributed by atoms with Crippen LogP contribution >= 0.6 is 0 Å². The van der Waals surface area contributed by atoms with Gasteiger partial charge in [-0.05, 0) is 44.0 Å². The van der Waals surface area contributed by atoms with Crippen molar-refractivity contribution in [3.63, 3.8) is 0 Å². The molecule has 0 spiro atoms. The van der Waals surface area contributed by atoms with Crippen molar-refractivity contribution in [2.75, 3.05) is 6.61 Å². The summed E-state index contributed by atoms with van der Waals surface area (Å²) in [6.45, 7) is 5.29. The fourth-order valence-corrected chi connectivity index (χ4v) is 2.37. The summed E-state index contributed by atoms with van der Waals surface area (Å²) in [6.07, 6.45) is 0. The lowest BCUT2D eigenvalue weighted by atomic mass is 9.96. The van der Waals surface area contributed by atoms with Crippen molar-refractivity contribution in [3.8, 4) is 11.1 Å². The highest BCUT2D eigenvalue weighted by atomic mass is 19.1. The number of esters is 1. The molecule has 0 bridgehead atoms. The second-order valence-electron chi connectivity index (χ2n) is 4.68. The number of hydrogen-bond donors (Lipinski definition) is 1. The Kier molecular flexibility index (Phi) is 4.21. The summed E-state index contributed by atoms with van der Waals surface area (Å²) in [4.78, 5) is 26.6. The third-order valence-corrected chi connectivity index (χ3v) is 3.27. The molecular weight excluding hydrogens is 273 g/mol. The van der Waals surface area contributed by atoms with E-state index in [4.69, 9.17) is 4.74 Å². The normalized spacial score (nSPS) is 10.5. The summed E-state index contributed by atoms with van der Waals surface area (Å²) in [5, 5.41) is 0. The van der Waals surface area contributed by atoms with Crippen molar-refractivity contribution >= 4 is 5.97 Å². The van der Waals surface area contributed by atoms with Gasteiger partial charge < -0.3 is 9.72 Å². The first-order chi connectivity index (χ1) is 9.95. The number of carbonyl (C=O) groups excluding carboxylic acids is 1. The molecule has 0 saturated heterocycles. The second kappa shape index (κ2) is 5.91. The van der Waals surface area contributed by atoms with Crippen molar-refractivity contribution < 1.29 is 13.9 Å². The zero-order valence-corrected chi connectivity index (χ0v) is 12.1. The molecule has 1 N–H and O–H groups in total. The molecule has 1 aromatic carbocycles. The molecule has 0 atom stereocenters. The van der Waals surface area contributed by atoms with Gasteiger partial charge in [0.25, 0.3) is 5.56 Å². The molecule has 0 unspecified atom stereocenters. The number of rotatable bonds is 3. The van der Waals surface area contributed by atoms with Crippen LogP contribution in [0.25, 0.3) is 11.1 Å². The summed E-state index contributed by atoms with van der Waals surface area (Å²) in [6, 6.07) is 5.89. The number of carbonyl (C=O) groups is 1. The van der Waals surface area contributed by atoms with Gasteiger partial charge in [0, 0.05) is 11.3 Å². The van der Waals surface area contributed by atoms with Crippen LogP contribution in [0.15, 0.2) is 29.1 Å². The van der Waals surface area contributed by atoms with E-state index < -0.39 is 11.5 Å². The molecular formula is C16H16FNO3. The van der Waals surface area contributed by atoms with Crippen molar-refractivity contribution in [2.24, 2.45) is 0 Å². The number of benzene rings is 1. The van der Waals surface area contributed by atoms with Crippen LogP contribution in [-0.2, 0) is 4.74 Å². The molecule has 1 heterocycles. The SMILES string of the molecule is CCOC(=O)c1c(C)c(-c2ccc(F)cc2)c(C)[nH]c1=O. The molecule has 0 aliphatic carbocycles. The Hall–Kier alpha value is -2.43. The lowest BCUT2D eigenvalue weighted by molar-refractivity contribution is 0.0523. The summed E-state index contributed by atoms with van der Waals surface area (Å²) < 4.78 is 18.0. The maximum Gasteiger partial charge on any atom is 0.344 e. The highest BCUT2D eigenvalue weighted by Crippen LogP contribution is 2.27. The summed E-state index contributed by atoms with van der Waals surface area (Å²) in [5.74, 6) is -0.997. The van der Waals surface area contributed by atoms with E-state index in [2.05, 4.69) is 4.98 Å². The molecule has 2 rings (SSSR count). The molecule has 2 aromatic rings. The average molecular weight is 289 g/mol. The smallest absolute Gasteiger partial charge is 0.344 e. The number of aromatic amines is 1. The van der Waals surface area contributed by atoms with Crippen LogP contribution in [0.2, 0.25) is 0 Å². The third kappa shape index (κ3) is 2.86. The van der Waals surface area contributed by atoms with Crippen LogP contribution in [0.3, 0.4) is 0 Å². The molecule has 21 heavy (non-hydrogen) atoms. The maximum atomic E-state index is 13.0. The predicted molar refractivity (Wildman–Crippen MR) is 77.9 cm³/mol. The van der Waals surface area contributed by atoms with Crippen LogP contribution in [0.1, 0.15) is 28.5 Å². The van der Waals surface area contributed by atoms with Crippen LogP contribution in [-0.4, -0.2) is 17.6 Å². The Labute approximate surface area is 121 Å². The molecule has 1 aromatic heterocycles. The molecule has 110 valence electrons. The molecule has 0 saturated carbocycles. The minimum atomic E-state index is -0.653. The first-order valence-electron chi connectivity index (χ1n) is 6.62. The predicted octanol–water partition coefficient (Wildman–Crippen LogP) is 2.97. The number of halogens is 1. The van der Waals surface area contributed by atoms with Gasteiger partial charge in [0.1, 0.15) is 11.4 Å². The standard InChI is InChI=1S/C16H16FNO3/c1-4-21-16(20)14-9(2)13(10(3)18-15(14)19)11-5-7-12(17)8-6-11/h5-8H,4H2,1-3H3,(H,18,19). The second-order valence-corrected chi connectivity index (χ2v) is 4.68. The van der Waals surface area contributed by atoms with E-state index in [0.717, 1.165) is 5.56 Å². The number of ether oxygens (including phenoxy) is 1. The van der Waals surface area contributed by atoms with E-state index in [1.807, 2.05) is 0 Å². The van der Waals surface area contributed by atoms with E-state index in [1.165, 1.54) is 12.1 Å². The van der Waals surface area contributed by atoms with Crippen LogP contribution in [0.5, 0.6) is 0 Å². The van der Waals surface area contributed by atoms with E-state index in [0.29, 0.717) is 16.8 Å². The summed E-state index contributed by atoms with van der Waals surface area (Å²) in [7, 11) is 0. The minimum absolute atomic E-state index is 0.0122. The Morgan fingerprint density at radius 1 is 1.24 bits per heavy atom. The van der Waals surface area contributed by atoms with Gasteiger partial charge >= 0.3 is 5.97 Å². The Bertz CT molecular complexity index is 732. The van der Waals surface area contributed by atoms with Crippen molar-refractivity contribution in [3.05, 3.63) is 57.3 Å². The van der Waals surface area contributed by atoms with Crippen molar-refractivity contribution in [1.29, 1.82) is 0 Å². The zero-order valence-electron chi connectivity index (χ0n) is 12.1. The minimum Gasteiger partial charge on any atom is -0.462 e. The first-order valence-corrected chi connectivity index (χ1v) is 6.62. The molecule has 0 aliphatic rings. The number of hydrogen-bond acceptors (Lipinski definition) is 3. The number of aryl methyl sites for hydroxylation is 1. The monoisotopic (exact) mass is 289 g/mol. The molecule has 0 fully saturated rings. The first kappa shape index (κ1) is 15.0. The number of aromatic nitrogens is 1. The van der Waals surface area contributed by atoms with Gasteiger partial charge in [-0.25, -0.2) is 9.18 Å². The molecule has 5 heteroatoms. The van der Waals surface area contributed by atoms with Gasteiger partial charge in [0.15, 0.2) is 0 Å². The molecule has 4 nitrogen and oxygen atoms in total. The fraction of sp³-hybridized carbons (Fsp3) is 0.250. The largest absolute Gasteiger partial charge is 0.462 e. The van der Waals surface area contributed by atoms with E-state index >= 15 is 0 Å². The van der Waals surface area contributed by atoms with Gasteiger partial charge in [0.2, 0.25) is 0 Å². The van der Waals surface area contributed by atoms with Crippen molar-refractivity contribution in [2.45, 2.75) is 20.8 Å². The van der Waals surface area contributed by atoms with Crippen LogP contribution in [0, 0.1) is 19.7 Å². The van der Waals surface area contributed by atoms with Gasteiger partial charge in [-0.2, -0.15) is 0 Å². The highest BCUT2D eigenvalue weighted by molar-refractivity contribution is 5.93. The molecule has 0 amide bonds. The highest BCUT2D eigenvalue weighted by Gasteiger charge is 2.20. The van der Waals surface area contributed by atoms with Crippen molar-refractivity contribution in [1.82, 2.24) is 4.98 Å². The summed E-state index contributed by atoms with van der Waals surface area (Å²) in [5.41, 5.74) is 2.10.